The number of aromatic amines is 1. The highest BCUT2D eigenvalue weighted by atomic mass is 35.5. The van der Waals surface area contributed by atoms with Crippen LogP contribution in [0.4, 0.5) is 17.1 Å². The zero-order valence-corrected chi connectivity index (χ0v) is 36.9. The minimum Gasteiger partial charge on any atom is -0.455 e. The minimum absolute atomic E-state index is 0.0387. The Bertz CT molecular complexity index is 2690. The maximum Gasteiger partial charge on any atom is 0.293 e. The molecular formula is C46H51ClN8O7S. The number of sulfonamides is 1. The number of allylic oxidation sites excluding steroid dienone is 1. The zero-order chi connectivity index (χ0) is 43.9. The molecule has 3 saturated heterocycles. The maximum absolute atomic E-state index is 14.0. The average molecular weight is 895 g/mol. The Morgan fingerprint density at radius 3 is 2.54 bits per heavy atom. The lowest BCUT2D eigenvalue weighted by molar-refractivity contribution is -0.384. The molecule has 2 aromatic heterocycles. The van der Waals surface area contributed by atoms with E-state index in [9.17, 15) is 23.3 Å². The van der Waals surface area contributed by atoms with Gasteiger partial charge < -0.3 is 30.0 Å². The van der Waals surface area contributed by atoms with Crippen molar-refractivity contribution in [3.63, 3.8) is 0 Å². The van der Waals surface area contributed by atoms with Gasteiger partial charge in [-0.1, -0.05) is 43.2 Å². The van der Waals surface area contributed by atoms with Crippen LogP contribution in [-0.4, -0.2) is 98.7 Å². The molecular weight excluding hydrogens is 844 g/mol. The molecule has 0 bridgehead atoms. The van der Waals surface area contributed by atoms with Gasteiger partial charge in [-0.3, -0.25) is 19.8 Å². The standard InChI is InChI=1S/C46H51ClN8O7S/c1-45(2)13-11-32(39(24-45)30-3-5-34(47)6-4-30)26-53-17-19-54(20-18-53)35-7-9-38(42(22-35)62-36-21-31-12-15-49-43(31)50-25-36)44(56)52-63(59,60)37-8-10-40(41(23-37)55(57)58)51-46(14-16-48-29-46)33-27-61-28-33/h3-10,12,15,21-23,25,33,48,51H,11,13-14,16-20,24,26-29H2,1-2H3,(H,49,50)(H,52,56)/t46-/m0/s1. The third-order valence-corrected chi connectivity index (χ3v) is 14.6. The molecule has 1 amide bonds. The van der Waals surface area contributed by atoms with Crippen LogP contribution in [0.2, 0.25) is 5.02 Å². The maximum atomic E-state index is 14.0. The fourth-order valence-corrected chi connectivity index (χ4v) is 10.4. The van der Waals surface area contributed by atoms with Crippen molar-refractivity contribution in [1.82, 2.24) is 24.9 Å². The summed E-state index contributed by atoms with van der Waals surface area (Å²) < 4.78 is 41.5. The number of fused-ring (bicyclic) bond motifs is 1. The van der Waals surface area contributed by atoms with Crippen LogP contribution in [0.15, 0.2) is 95.7 Å². The summed E-state index contributed by atoms with van der Waals surface area (Å²) in [4.78, 5) is 37.5. The Morgan fingerprint density at radius 1 is 1.03 bits per heavy atom. The Balaban J connectivity index is 0.943. The number of hydrogen-bond acceptors (Lipinski definition) is 12. The summed E-state index contributed by atoms with van der Waals surface area (Å²) in [6, 6.07) is 20.5. The molecule has 0 saturated carbocycles. The number of hydrogen-bond donors (Lipinski definition) is 4. The van der Waals surface area contributed by atoms with E-state index in [1.54, 1.807) is 30.5 Å². The molecule has 0 unspecified atom stereocenters. The van der Waals surface area contributed by atoms with Crippen LogP contribution in [0.1, 0.15) is 55.5 Å². The second-order valence-corrected chi connectivity index (χ2v) is 20.0. The molecule has 5 aromatic rings. The monoisotopic (exact) mass is 894 g/mol. The predicted molar refractivity (Wildman–Crippen MR) is 243 cm³/mol. The van der Waals surface area contributed by atoms with Gasteiger partial charge >= 0.3 is 0 Å². The van der Waals surface area contributed by atoms with E-state index in [0.717, 1.165) is 87.1 Å². The predicted octanol–water partition coefficient (Wildman–Crippen LogP) is 7.61. The number of rotatable bonds is 13. The molecule has 0 spiro atoms. The second kappa shape index (κ2) is 17.2. The summed E-state index contributed by atoms with van der Waals surface area (Å²) in [7, 11) is -4.58. The van der Waals surface area contributed by atoms with Gasteiger partial charge in [-0.2, -0.15) is 0 Å². The van der Waals surface area contributed by atoms with Crippen LogP contribution in [-0.2, 0) is 14.8 Å². The molecule has 15 nitrogen and oxygen atoms in total. The summed E-state index contributed by atoms with van der Waals surface area (Å²) in [5.74, 6) is -0.329. The number of anilines is 2. The molecule has 17 heteroatoms. The van der Waals surface area contributed by atoms with Crippen LogP contribution < -0.4 is 25.0 Å². The van der Waals surface area contributed by atoms with E-state index in [1.807, 2.05) is 18.2 Å². The van der Waals surface area contributed by atoms with Crippen LogP contribution >= 0.6 is 11.6 Å². The van der Waals surface area contributed by atoms with Crippen LogP contribution in [0.3, 0.4) is 0 Å². The highest BCUT2D eigenvalue weighted by molar-refractivity contribution is 7.90. The summed E-state index contributed by atoms with van der Waals surface area (Å²) in [5, 5.41) is 20.5. The molecule has 3 aliphatic heterocycles. The van der Waals surface area contributed by atoms with E-state index in [2.05, 4.69) is 61.1 Å². The highest BCUT2D eigenvalue weighted by Gasteiger charge is 2.46. The third-order valence-electron chi connectivity index (χ3n) is 13.0. The van der Waals surface area contributed by atoms with E-state index in [1.165, 1.54) is 35.0 Å². The van der Waals surface area contributed by atoms with Gasteiger partial charge in [0, 0.05) is 79.6 Å². The molecule has 4 aliphatic rings. The van der Waals surface area contributed by atoms with Crippen molar-refractivity contribution in [3.05, 3.63) is 117 Å². The number of benzene rings is 3. The molecule has 4 N–H and O–H groups in total. The largest absolute Gasteiger partial charge is 0.455 e. The normalized spacial score (nSPS) is 20.7. The molecule has 3 fully saturated rings. The quantitative estimate of drug-likeness (QED) is 0.0671. The number of carbonyl (C=O) groups excluding carboxylic acids is 1. The summed E-state index contributed by atoms with van der Waals surface area (Å²) in [6.45, 7) is 11.0. The number of piperazine rings is 1. The topological polar surface area (TPSA) is 184 Å². The molecule has 0 radical (unpaired) electrons. The van der Waals surface area contributed by atoms with Gasteiger partial charge in [0.1, 0.15) is 22.8 Å². The average Bonchev–Trinajstić information content (AvgIpc) is 3.91. The van der Waals surface area contributed by atoms with Gasteiger partial charge in [0.25, 0.3) is 21.6 Å². The fourth-order valence-electron chi connectivity index (χ4n) is 9.24. The first-order valence-electron chi connectivity index (χ1n) is 21.4. The van der Waals surface area contributed by atoms with Gasteiger partial charge in [0.05, 0.1) is 40.3 Å². The van der Waals surface area contributed by atoms with Crippen molar-refractivity contribution in [1.29, 1.82) is 0 Å². The van der Waals surface area contributed by atoms with E-state index in [0.29, 0.717) is 31.2 Å². The number of nitrogens with one attached hydrogen (secondary N) is 4. The van der Waals surface area contributed by atoms with E-state index < -0.39 is 37.0 Å². The van der Waals surface area contributed by atoms with Gasteiger partial charge in [-0.05, 0) is 97.3 Å². The van der Waals surface area contributed by atoms with Gasteiger partial charge in [-0.25, -0.2) is 18.1 Å². The number of H-pyrrole nitrogens is 1. The summed E-state index contributed by atoms with van der Waals surface area (Å²) in [5.41, 5.74) is 5.07. The Hall–Kier alpha value is -5.52. The Kier molecular flexibility index (Phi) is 11.7. The Morgan fingerprint density at radius 2 is 1.83 bits per heavy atom. The number of carbonyl (C=O) groups is 1. The smallest absolute Gasteiger partial charge is 0.293 e. The van der Waals surface area contributed by atoms with Crippen molar-refractivity contribution < 1.29 is 27.6 Å². The number of pyridine rings is 1. The summed E-state index contributed by atoms with van der Waals surface area (Å²) in [6.07, 6.45) is 7.21. The molecule has 63 heavy (non-hydrogen) atoms. The van der Waals surface area contributed by atoms with Gasteiger partial charge in [0.15, 0.2) is 0 Å². The van der Waals surface area contributed by atoms with Crippen molar-refractivity contribution in [3.8, 4) is 11.5 Å². The number of halogens is 1. The number of nitro benzene ring substituents is 1. The number of nitrogens with zero attached hydrogens (tertiary/aromatic N) is 4. The van der Waals surface area contributed by atoms with Crippen molar-refractivity contribution in [2.75, 3.05) is 69.2 Å². The SMILES string of the molecule is CC1(C)CCC(CN2CCN(c3ccc(C(=O)NS(=O)(=O)c4ccc(N[C@@]5(C6COC6)CCNC5)c([N+](=O)[O-])c4)c(Oc4cnc5[nH]ccc5c4)c3)CC2)=C(c2ccc(Cl)cc2)C1. The number of ether oxygens (including phenoxy) is 2. The number of nitro groups is 1. The van der Waals surface area contributed by atoms with Crippen molar-refractivity contribution >= 4 is 61.2 Å². The fraction of sp³-hybridized carbons (Fsp3) is 0.391. The van der Waals surface area contributed by atoms with E-state index >= 15 is 0 Å². The molecule has 3 aromatic carbocycles. The lowest BCUT2D eigenvalue weighted by Crippen LogP contribution is -2.55. The van der Waals surface area contributed by atoms with Crippen LogP contribution in [0.5, 0.6) is 11.5 Å². The lowest BCUT2D eigenvalue weighted by atomic mass is 9.72. The lowest BCUT2D eigenvalue weighted by Gasteiger charge is -2.43. The number of aromatic nitrogens is 2. The van der Waals surface area contributed by atoms with Gasteiger partial charge in [-0.15, -0.1) is 0 Å². The highest BCUT2D eigenvalue weighted by Crippen LogP contribution is 2.44. The third kappa shape index (κ3) is 9.13. The van der Waals surface area contributed by atoms with Crippen molar-refractivity contribution in [2.24, 2.45) is 11.3 Å². The second-order valence-electron chi connectivity index (χ2n) is 17.9. The van der Waals surface area contributed by atoms with Crippen molar-refractivity contribution in [2.45, 2.75) is 50.0 Å². The molecule has 9 rings (SSSR count). The van der Waals surface area contributed by atoms with E-state index in [-0.39, 0.29) is 28.3 Å². The first kappa shape index (κ1) is 42.8. The van der Waals surface area contributed by atoms with Gasteiger partial charge in [0.2, 0.25) is 0 Å². The first-order valence-corrected chi connectivity index (χ1v) is 23.2. The molecule has 330 valence electrons. The molecule has 1 atom stereocenters. The first-order chi connectivity index (χ1) is 30.2. The van der Waals surface area contributed by atoms with Crippen LogP contribution in [0.25, 0.3) is 16.6 Å². The molecule has 1 aliphatic carbocycles. The Labute approximate surface area is 371 Å². The van der Waals surface area contributed by atoms with E-state index in [4.69, 9.17) is 21.1 Å². The summed E-state index contributed by atoms with van der Waals surface area (Å²) >= 11 is 6.25. The van der Waals surface area contributed by atoms with Crippen LogP contribution in [0, 0.1) is 21.4 Å². The molecule has 5 heterocycles. The zero-order valence-electron chi connectivity index (χ0n) is 35.3. The minimum atomic E-state index is -4.58. The number of amides is 1.